The Kier molecular flexibility index (Phi) is 5.44. The number of hydrogen-bond acceptors (Lipinski definition) is 3. The lowest BCUT2D eigenvalue weighted by molar-refractivity contribution is 0.0758. The molecule has 0 aromatic heterocycles. The van der Waals surface area contributed by atoms with Crippen molar-refractivity contribution in [2.45, 2.75) is 38.1 Å². The van der Waals surface area contributed by atoms with Crippen LogP contribution in [0.5, 0.6) is 5.75 Å². The van der Waals surface area contributed by atoms with Gasteiger partial charge in [0.15, 0.2) is 0 Å². The summed E-state index contributed by atoms with van der Waals surface area (Å²) < 4.78 is 0. The van der Waals surface area contributed by atoms with E-state index in [1.54, 1.807) is 12.1 Å². The lowest BCUT2D eigenvalue weighted by Gasteiger charge is -2.27. The maximum absolute atomic E-state index is 12.9. The van der Waals surface area contributed by atoms with Crippen LogP contribution in [0.3, 0.4) is 0 Å². The minimum absolute atomic E-state index is 0.139. The second-order valence-electron chi connectivity index (χ2n) is 7.74. The summed E-state index contributed by atoms with van der Waals surface area (Å²) in [6.45, 7) is 3.80. The van der Waals surface area contributed by atoms with Crippen LogP contribution in [0.1, 0.15) is 42.5 Å². The number of hydrogen-bond donors (Lipinski definition) is 1. The number of rotatable bonds is 3. The molecule has 2 aliphatic rings. The molecule has 1 heterocycles. The number of carbonyl (C=O) groups is 1. The molecule has 1 saturated carbocycles. The number of carbonyl (C=O) groups excluding carboxylic acids is 1. The predicted molar refractivity (Wildman–Crippen MR) is 108 cm³/mol. The van der Waals surface area contributed by atoms with Crippen LogP contribution < -0.4 is 0 Å². The Morgan fingerprint density at radius 1 is 0.778 bits per heavy atom. The van der Waals surface area contributed by atoms with Gasteiger partial charge in [0.1, 0.15) is 5.75 Å². The summed E-state index contributed by atoms with van der Waals surface area (Å²) >= 11 is 0. The summed E-state index contributed by atoms with van der Waals surface area (Å²) in [5.41, 5.74) is 2.84. The van der Waals surface area contributed by atoms with Crippen molar-refractivity contribution in [3.8, 4) is 16.9 Å². The van der Waals surface area contributed by atoms with Crippen LogP contribution in [0.4, 0.5) is 0 Å². The third-order valence-corrected chi connectivity index (χ3v) is 5.99. The van der Waals surface area contributed by atoms with Gasteiger partial charge in [-0.25, -0.2) is 0 Å². The van der Waals surface area contributed by atoms with Gasteiger partial charge in [-0.3, -0.25) is 9.69 Å². The summed E-state index contributed by atoms with van der Waals surface area (Å²) in [4.78, 5) is 17.6. The van der Waals surface area contributed by atoms with Gasteiger partial charge in [0.25, 0.3) is 5.91 Å². The minimum Gasteiger partial charge on any atom is -0.508 e. The molecule has 2 aromatic rings. The zero-order valence-corrected chi connectivity index (χ0v) is 15.8. The predicted octanol–water partition coefficient (Wildman–Crippen LogP) is 4.15. The molecule has 27 heavy (non-hydrogen) atoms. The maximum atomic E-state index is 12.9. The first-order chi connectivity index (χ1) is 13.2. The standard InChI is InChI=1S/C23H28N2O2/c26-22-12-10-19(11-13-22)18-6-8-20(9-7-18)23(27)25-15-3-14-24(16-17-25)21-4-1-2-5-21/h6-13,21,26H,1-5,14-17H2. The Morgan fingerprint density at radius 3 is 2.07 bits per heavy atom. The molecule has 0 radical (unpaired) electrons. The number of aromatic hydroxyl groups is 1. The van der Waals surface area contributed by atoms with Crippen molar-refractivity contribution in [1.29, 1.82) is 0 Å². The van der Waals surface area contributed by atoms with E-state index in [1.807, 2.05) is 41.3 Å². The molecule has 4 heteroatoms. The molecule has 4 rings (SSSR count). The number of nitrogens with zero attached hydrogens (tertiary/aromatic N) is 2. The number of amides is 1. The fourth-order valence-electron chi connectivity index (χ4n) is 4.42. The molecular formula is C23H28N2O2. The van der Waals surface area contributed by atoms with E-state index in [2.05, 4.69) is 4.90 Å². The van der Waals surface area contributed by atoms with Gasteiger partial charge in [-0.15, -0.1) is 0 Å². The molecule has 1 saturated heterocycles. The largest absolute Gasteiger partial charge is 0.508 e. The second-order valence-corrected chi connectivity index (χ2v) is 7.74. The Balaban J connectivity index is 1.40. The van der Waals surface area contributed by atoms with Crippen molar-refractivity contribution < 1.29 is 9.90 Å². The van der Waals surface area contributed by atoms with E-state index in [1.165, 1.54) is 25.7 Å². The lowest BCUT2D eigenvalue weighted by atomic mass is 10.0. The highest BCUT2D eigenvalue weighted by Crippen LogP contribution is 2.25. The van der Waals surface area contributed by atoms with Crippen molar-refractivity contribution in [3.05, 3.63) is 54.1 Å². The van der Waals surface area contributed by atoms with E-state index in [4.69, 9.17) is 0 Å². The highest BCUT2D eigenvalue weighted by atomic mass is 16.3. The van der Waals surface area contributed by atoms with Crippen LogP contribution in [0, 0.1) is 0 Å². The first-order valence-corrected chi connectivity index (χ1v) is 10.1. The zero-order valence-electron chi connectivity index (χ0n) is 15.8. The Labute approximate surface area is 161 Å². The molecule has 2 fully saturated rings. The zero-order chi connectivity index (χ0) is 18.6. The van der Waals surface area contributed by atoms with Gasteiger partial charge < -0.3 is 10.0 Å². The van der Waals surface area contributed by atoms with Crippen molar-refractivity contribution in [1.82, 2.24) is 9.80 Å². The molecule has 4 nitrogen and oxygen atoms in total. The van der Waals surface area contributed by atoms with Crippen molar-refractivity contribution in [2.75, 3.05) is 26.2 Å². The first-order valence-electron chi connectivity index (χ1n) is 10.1. The van der Waals surface area contributed by atoms with Crippen LogP contribution in [0.25, 0.3) is 11.1 Å². The summed E-state index contributed by atoms with van der Waals surface area (Å²) in [5.74, 6) is 0.402. The molecule has 0 bridgehead atoms. The molecule has 0 unspecified atom stereocenters. The number of phenols is 1. The Hall–Kier alpha value is -2.33. The van der Waals surface area contributed by atoms with Crippen LogP contribution >= 0.6 is 0 Å². The third-order valence-electron chi connectivity index (χ3n) is 5.99. The van der Waals surface area contributed by atoms with E-state index >= 15 is 0 Å². The van der Waals surface area contributed by atoms with E-state index in [9.17, 15) is 9.90 Å². The summed E-state index contributed by atoms with van der Waals surface area (Å²) in [5, 5.41) is 9.42. The van der Waals surface area contributed by atoms with Crippen LogP contribution in [0.15, 0.2) is 48.5 Å². The van der Waals surface area contributed by atoms with Crippen molar-refractivity contribution in [3.63, 3.8) is 0 Å². The highest BCUT2D eigenvalue weighted by molar-refractivity contribution is 5.94. The van der Waals surface area contributed by atoms with Crippen LogP contribution in [-0.4, -0.2) is 53.0 Å². The van der Waals surface area contributed by atoms with E-state index in [0.717, 1.165) is 55.3 Å². The molecule has 2 aromatic carbocycles. The molecule has 1 aliphatic carbocycles. The maximum Gasteiger partial charge on any atom is 0.253 e. The monoisotopic (exact) mass is 364 g/mol. The van der Waals surface area contributed by atoms with Gasteiger partial charge in [-0.2, -0.15) is 0 Å². The van der Waals surface area contributed by atoms with Gasteiger partial charge in [0.05, 0.1) is 0 Å². The quantitative estimate of drug-likeness (QED) is 0.890. The molecule has 0 spiro atoms. The van der Waals surface area contributed by atoms with Crippen molar-refractivity contribution in [2.24, 2.45) is 0 Å². The van der Waals surface area contributed by atoms with E-state index < -0.39 is 0 Å². The minimum atomic E-state index is 0.139. The van der Waals surface area contributed by atoms with Crippen LogP contribution in [-0.2, 0) is 0 Å². The van der Waals surface area contributed by atoms with Crippen LogP contribution in [0.2, 0.25) is 0 Å². The third kappa shape index (κ3) is 4.16. The molecule has 1 N–H and O–H groups in total. The summed E-state index contributed by atoms with van der Waals surface area (Å²) in [6, 6.07) is 15.7. The van der Waals surface area contributed by atoms with Gasteiger partial charge in [0, 0.05) is 37.8 Å². The van der Waals surface area contributed by atoms with Gasteiger partial charge in [0.2, 0.25) is 0 Å². The summed E-state index contributed by atoms with van der Waals surface area (Å²) in [7, 11) is 0. The lowest BCUT2D eigenvalue weighted by Crippen LogP contribution is -2.38. The highest BCUT2D eigenvalue weighted by Gasteiger charge is 2.26. The first kappa shape index (κ1) is 18.1. The molecular weight excluding hydrogens is 336 g/mol. The Bertz CT molecular complexity index is 764. The SMILES string of the molecule is O=C(c1ccc(-c2ccc(O)cc2)cc1)N1CCCN(C2CCCC2)CC1. The fraction of sp³-hybridized carbons (Fsp3) is 0.435. The normalized spacial score (nSPS) is 19.2. The molecule has 1 amide bonds. The van der Waals surface area contributed by atoms with Gasteiger partial charge in [-0.1, -0.05) is 37.1 Å². The topological polar surface area (TPSA) is 43.8 Å². The van der Waals surface area contributed by atoms with E-state index in [-0.39, 0.29) is 11.7 Å². The van der Waals surface area contributed by atoms with Gasteiger partial charge in [-0.05, 0) is 54.7 Å². The fourth-order valence-corrected chi connectivity index (χ4v) is 4.42. The average molecular weight is 364 g/mol. The van der Waals surface area contributed by atoms with Crippen molar-refractivity contribution >= 4 is 5.91 Å². The summed E-state index contributed by atoms with van der Waals surface area (Å²) in [6.07, 6.45) is 6.43. The number of benzene rings is 2. The molecule has 1 aliphatic heterocycles. The molecule has 0 atom stereocenters. The average Bonchev–Trinajstić information content (AvgIpc) is 3.13. The number of phenolic OH excluding ortho intramolecular Hbond substituents is 1. The Morgan fingerprint density at radius 2 is 1.41 bits per heavy atom. The molecule has 142 valence electrons. The second kappa shape index (κ2) is 8.13. The van der Waals surface area contributed by atoms with E-state index in [0.29, 0.717) is 0 Å². The smallest absolute Gasteiger partial charge is 0.253 e. The van der Waals surface area contributed by atoms with Gasteiger partial charge >= 0.3 is 0 Å².